The quantitative estimate of drug-likeness (QED) is 0.878. The van der Waals surface area contributed by atoms with E-state index in [4.69, 9.17) is 16.9 Å². The fourth-order valence-electron chi connectivity index (χ4n) is 1.21. The summed E-state index contributed by atoms with van der Waals surface area (Å²) in [6.07, 6.45) is 0.142. The van der Waals surface area contributed by atoms with Gasteiger partial charge >= 0.3 is 0 Å². The normalized spacial score (nSPS) is 9.39. The van der Waals surface area contributed by atoms with E-state index in [0.717, 1.165) is 0 Å². The highest BCUT2D eigenvalue weighted by molar-refractivity contribution is 6.34. The molecule has 94 valence electrons. The molecule has 0 bridgehead atoms. The van der Waals surface area contributed by atoms with Crippen LogP contribution in [0.15, 0.2) is 18.2 Å². The lowest BCUT2D eigenvalue weighted by atomic mass is 10.2. The fourth-order valence-corrected chi connectivity index (χ4v) is 1.44. The van der Waals surface area contributed by atoms with Crippen LogP contribution in [-0.4, -0.2) is 11.8 Å². The monoisotopic (exact) mass is 265 g/mol. The van der Waals surface area contributed by atoms with Gasteiger partial charge in [0.1, 0.15) is 6.42 Å². The largest absolute Gasteiger partial charge is 0.325 e. The first kappa shape index (κ1) is 14.0. The number of carbonyl (C=O) groups excluding carboxylic acids is 2. The number of hydrogen-bond acceptors (Lipinski definition) is 3. The standard InChI is InChI=1S/C12H12ClN3O2/c1-2-11(17)16-10-4-3-8(7-9(10)13)15-12(18)5-6-14/h3-4,7H,2,5H2,1H3,(H,15,18)(H,16,17). The summed E-state index contributed by atoms with van der Waals surface area (Å²) < 4.78 is 0. The van der Waals surface area contributed by atoms with Gasteiger partial charge in [0.25, 0.3) is 0 Å². The van der Waals surface area contributed by atoms with E-state index in [9.17, 15) is 9.59 Å². The summed E-state index contributed by atoms with van der Waals surface area (Å²) in [4.78, 5) is 22.4. The van der Waals surface area contributed by atoms with Crippen molar-refractivity contribution in [2.45, 2.75) is 19.8 Å². The van der Waals surface area contributed by atoms with E-state index in [-0.39, 0.29) is 12.3 Å². The molecule has 0 saturated heterocycles. The Morgan fingerprint density at radius 2 is 2.06 bits per heavy atom. The second-order valence-electron chi connectivity index (χ2n) is 3.48. The molecule has 2 N–H and O–H groups in total. The van der Waals surface area contributed by atoms with Gasteiger partial charge in [-0.3, -0.25) is 9.59 Å². The lowest BCUT2D eigenvalue weighted by Gasteiger charge is -2.08. The van der Waals surface area contributed by atoms with Crippen molar-refractivity contribution in [3.63, 3.8) is 0 Å². The van der Waals surface area contributed by atoms with Crippen molar-refractivity contribution in [2.75, 3.05) is 10.6 Å². The molecular weight excluding hydrogens is 254 g/mol. The van der Waals surface area contributed by atoms with E-state index in [2.05, 4.69) is 10.6 Å². The molecule has 0 radical (unpaired) electrons. The molecule has 1 aromatic carbocycles. The van der Waals surface area contributed by atoms with Gasteiger partial charge in [-0.15, -0.1) is 0 Å². The van der Waals surface area contributed by atoms with Crippen LogP contribution in [0.25, 0.3) is 0 Å². The van der Waals surface area contributed by atoms with Crippen molar-refractivity contribution in [3.8, 4) is 6.07 Å². The van der Waals surface area contributed by atoms with Crippen molar-refractivity contribution in [1.29, 1.82) is 5.26 Å². The number of rotatable bonds is 4. The summed E-state index contributed by atoms with van der Waals surface area (Å²) in [5, 5.41) is 13.8. The van der Waals surface area contributed by atoms with Crippen LogP contribution >= 0.6 is 11.6 Å². The smallest absolute Gasteiger partial charge is 0.238 e. The minimum Gasteiger partial charge on any atom is -0.325 e. The first-order chi connectivity index (χ1) is 8.56. The van der Waals surface area contributed by atoms with E-state index in [0.29, 0.717) is 22.8 Å². The maximum absolute atomic E-state index is 11.2. The maximum atomic E-state index is 11.2. The Kier molecular flexibility index (Phi) is 5.15. The number of benzene rings is 1. The number of nitrogens with one attached hydrogen (secondary N) is 2. The number of halogens is 1. The van der Waals surface area contributed by atoms with E-state index >= 15 is 0 Å². The van der Waals surface area contributed by atoms with Crippen LogP contribution < -0.4 is 10.6 Å². The average Bonchev–Trinajstić information content (AvgIpc) is 2.32. The second-order valence-corrected chi connectivity index (χ2v) is 3.89. The van der Waals surface area contributed by atoms with Crippen LogP contribution in [-0.2, 0) is 9.59 Å². The Morgan fingerprint density at radius 1 is 1.33 bits per heavy atom. The number of anilines is 2. The molecule has 0 fully saturated rings. The summed E-state index contributed by atoms with van der Waals surface area (Å²) in [5.74, 6) is -0.544. The van der Waals surface area contributed by atoms with Crippen LogP contribution in [0.5, 0.6) is 0 Å². The Hall–Kier alpha value is -2.06. The van der Waals surface area contributed by atoms with Crippen molar-refractivity contribution in [2.24, 2.45) is 0 Å². The molecule has 0 heterocycles. The van der Waals surface area contributed by atoms with Crippen molar-refractivity contribution < 1.29 is 9.59 Å². The molecule has 2 amide bonds. The zero-order valence-electron chi connectivity index (χ0n) is 9.79. The molecule has 0 spiro atoms. The third-order valence-corrected chi connectivity index (χ3v) is 2.40. The summed E-state index contributed by atoms with van der Waals surface area (Å²) in [7, 11) is 0. The fraction of sp³-hybridized carbons (Fsp3) is 0.250. The third kappa shape index (κ3) is 4.07. The van der Waals surface area contributed by atoms with Crippen LogP contribution in [0.4, 0.5) is 11.4 Å². The highest BCUT2D eigenvalue weighted by atomic mass is 35.5. The first-order valence-electron chi connectivity index (χ1n) is 5.33. The summed E-state index contributed by atoms with van der Waals surface area (Å²) in [6.45, 7) is 1.74. The van der Waals surface area contributed by atoms with Crippen LogP contribution in [0, 0.1) is 11.3 Å². The molecule has 0 atom stereocenters. The first-order valence-corrected chi connectivity index (χ1v) is 5.70. The van der Waals surface area contributed by atoms with E-state index < -0.39 is 5.91 Å². The topological polar surface area (TPSA) is 82.0 Å². The summed E-state index contributed by atoms with van der Waals surface area (Å²) >= 11 is 5.96. The molecule has 0 aliphatic heterocycles. The van der Waals surface area contributed by atoms with Gasteiger partial charge in [0.15, 0.2) is 0 Å². The Morgan fingerprint density at radius 3 is 2.61 bits per heavy atom. The van der Waals surface area contributed by atoms with Gasteiger partial charge < -0.3 is 10.6 Å². The van der Waals surface area contributed by atoms with Gasteiger partial charge in [-0.05, 0) is 18.2 Å². The third-order valence-electron chi connectivity index (χ3n) is 2.09. The highest BCUT2D eigenvalue weighted by Crippen LogP contribution is 2.25. The molecule has 5 nitrogen and oxygen atoms in total. The molecule has 0 unspecified atom stereocenters. The number of nitrogens with zero attached hydrogens (tertiary/aromatic N) is 1. The molecule has 1 rings (SSSR count). The molecule has 0 saturated carbocycles. The Labute approximate surface area is 110 Å². The minimum absolute atomic E-state index is 0.141. The average molecular weight is 266 g/mol. The van der Waals surface area contributed by atoms with Crippen molar-refractivity contribution >= 4 is 34.8 Å². The predicted octanol–water partition coefficient (Wildman–Crippen LogP) is 2.54. The van der Waals surface area contributed by atoms with Crippen molar-refractivity contribution in [1.82, 2.24) is 0 Å². The van der Waals surface area contributed by atoms with Crippen LogP contribution in [0.3, 0.4) is 0 Å². The lowest BCUT2D eigenvalue weighted by molar-refractivity contribution is -0.116. The molecule has 1 aromatic rings. The molecule has 0 aliphatic carbocycles. The molecular formula is C12H12ClN3O2. The number of hydrogen-bond donors (Lipinski definition) is 2. The highest BCUT2D eigenvalue weighted by Gasteiger charge is 2.06. The second kappa shape index (κ2) is 6.62. The van der Waals surface area contributed by atoms with E-state index in [1.165, 1.54) is 6.07 Å². The zero-order chi connectivity index (χ0) is 13.5. The molecule has 0 aliphatic rings. The van der Waals surface area contributed by atoms with Gasteiger partial charge in [0.2, 0.25) is 11.8 Å². The number of amides is 2. The summed E-state index contributed by atoms with van der Waals surface area (Å²) in [5.41, 5.74) is 0.969. The maximum Gasteiger partial charge on any atom is 0.238 e. The van der Waals surface area contributed by atoms with Gasteiger partial charge in [-0.2, -0.15) is 5.26 Å². The minimum atomic E-state index is -0.404. The van der Waals surface area contributed by atoms with Gasteiger partial charge in [0, 0.05) is 12.1 Å². The van der Waals surface area contributed by atoms with Gasteiger partial charge in [-0.1, -0.05) is 18.5 Å². The van der Waals surface area contributed by atoms with E-state index in [1.807, 2.05) is 0 Å². The molecule has 0 aromatic heterocycles. The summed E-state index contributed by atoms with van der Waals surface area (Å²) in [6, 6.07) is 6.46. The number of nitriles is 1. The van der Waals surface area contributed by atoms with Crippen LogP contribution in [0.1, 0.15) is 19.8 Å². The molecule has 18 heavy (non-hydrogen) atoms. The Balaban J connectivity index is 2.76. The SMILES string of the molecule is CCC(=O)Nc1ccc(NC(=O)CC#N)cc1Cl. The number of carbonyl (C=O) groups is 2. The van der Waals surface area contributed by atoms with Crippen molar-refractivity contribution in [3.05, 3.63) is 23.2 Å². The predicted molar refractivity (Wildman–Crippen MR) is 69.2 cm³/mol. The lowest BCUT2D eigenvalue weighted by Crippen LogP contribution is -2.12. The van der Waals surface area contributed by atoms with Gasteiger partial charge in [0.05, 0.1) is 16.8 Å². The Bertz CT molecular complexity index is 509. The van der Waals surface area contributed by atoms with E-state index in [1.54, 1.807) is 25.1 Å². The van der Waals surface area contributed by atoms with Gasteiger partial charge in [-0.25, -0.2) is 0 Å². The van der Waals surface area contributed by atoms with Crippen LogP contribution in [0.2, 0.25) is 5.02 Å². The zero-order valence-corrected chi connectivity index (χ0v) is 10.5. The molecule has 6 heteroatoms.